The van der Waals surface area contributed by atoms with Gasteiger partial charge in [0.15, 0.2) is 9.84 Å². The van der Waals surface area contributed by atoms with E-state index in [9.17, 15) is 18.0 Å². The number of benzene rings is 1. The largest absolute Gasteiger partial charge is 0.353 e. The SMILES string of the molecule is Cc1cnc(N2CCN(C(=O)c3ccc(N4CCC4=O)cc3S(C)(=O)=O)CC2)c(C)c1. The molecule has 2 saturated heterocycles. The van der Waals surface area contributed by atoms with E-state index in [0.717, 1.165) is 23.2 Å². The van der Waals surface area contributed by atoms with Gasteiger partial charge in [0.2, 0.25) is 5.91 Å². The van der Waals surface area contributed by atoms with Gasteiger partial charge in [-0.3, -0.25) is 9.59 Å². The first kappa shape index (κ1) is 21.3. The number of piperazine rings is 1. The summed E-state index contributed by atoms with van der Waals surface area (Å²) in [6, 6.07) is 6.70. The fraction of sp³-hybridized carbons (Fsp3) is 0.409. The summed E-state index contributed by atoms with van der Waals surface area (Å²) in [6.45, 7) is 6.78. The lowest BCUT2D eigenvalue weighted by atomic mass is 10.1. The van der Waals surface area contributed by atoms with Crippen molar-refractivity contribution in [1.29, 1.82) is 0 Å². The molecule has 9 heteroatoms. The average Bonchev–Trinajstić information content (AvgIpc) is 2.72. The van der Waals surface area contributed by atoms with Crippen molar-refractivity contribution in [3.05, 3.63) is 47.2 Å². The molecule has 0 saturated carbocycles. The maximum Gasteiger partial charge on any atom is 0.255 e. The van der Waals surface area contributed by atoms with Crippen molar-refractivity contribution < 1.29 is 18.0 Å². The molecule has 8 nitrogen and oxygen atoms in total. The molecule has 3 heterocycles. The van der Waals surface area contributed by atoms with Crippen molar-refractivity contribution in [2.45, 2.75) is 25.2 Å². The number of rotatable bonds is 4. The van der Waals surface area contributed by atoms with E-state index in [1.807, 2.05) is 20.0 Å². The van der Waals surface area contributed by atoms with Crippen molar-refractivity contribution >= 4 is 33.2 Å². The Balaban J connectivity index is 1.54. The van der Waals surface area contributed by atoms with Crippen molar-refractivity contribution in [3.8, 4) is 0 Å². The van der Waals surface area contributed by atoms with Crippen molar-refractivity contribution in [1.82, 2.24) is 9.88 Å². The quantitative estimate of drug-likeness (QED) is 0.671. The van der Waals surface area contributed by atoms with E-state index < -0.39 is 9.84 Å². The van der Waals surface area contributed by atoms with Gasteiger partial charge >= 0.3 is 0 Å². The number of hydrogen-bond acceptors (Lipinski definition) is 6. The molecular weight excluding hydrogens is 416 g/mol. The van der Waals surface area contributed by atoms with Crippen LogP contribution in [0, 0.1) is 13.8 Å². The Kier molecular flexibility index (Phi) is 5.47. The second-order valence-corrected chi connectivity index (χ2v) is 10.2. The third-order valence-electron chi connectivity index (χ3n) is 5.81. The van der Waals surface area contributed by atoms with E-state index in [2.05, 4.69) is 16.0 Å². The lowest BCUT2D eigenvalue weighted by molar-refractivity contribution is -0.122. The van der Waals surface area contributed by atoms with Gasteiger partial charge in [0, 0.05) is 57.3 Å². The Hall–Kier alpha value is -2.94. The molecule has 2 aromatic rings. The van der Waals surface area contributed by atoms with E-state index in [1.165, 1.54) is 17.0 Å². The first-order chi connectivity index (χ1) is 14.6. The number of carbonyl (C=O) groups is 2. The van der Waals surface area contributed by atoms with Crippen LogP contribution in [0.2, 0.25) is 0 Å². The van der Waals surface area contributed by atoms with Gasteiger partial charge in [0.05, 0.1) is 10.5 Å². The number of pyridine rings is 1. The smallest absolute Gasteiger partial charge is 0.255 e. The molecule has 2 amide bonds. The second kappa shape index (κ2) is 7.96. The standard InChI is InChI=1S/C22H26N4O4S/c1-15-12-16(2)21(23-14-15)24-8-10-25(11-9-24)22(28)18-5-4-17(26-7-6-20(26)27)13-19(18)31(3,29)30/h4-5,12-14H,6-11H2,1-3H3. The summed E-state index contributed by atoms with van der Waals surface area (Å²) in [7, 11) is -3.64. The van der Waals surface area contributed by atoms with Gasteiger partial charge < -0.3 is 14.7 Å². The van der Waals surface area contributed by atoms with E-state index in [4.69, 9.17) is 0 Å². The highest BCUT2D eigenvalue weighted by molar-refractivity contribution is 7.90. The number of sulfone groups is 1. The first-order valence-electron chi connectivity index (χ1n) is 10.3. The van der Waals surface area contributed by atoms with Gasteiger partial charge in [0.25, 0.3) is 5.91 Å². The first-order valence-corrected chi connectivity index (χ1v) is 12.2. The Morgan fingerprint density at radius 2 is 1.74 bits per heavy atom. The molecule has 0 unspecified atom stereocenters. The summed E-state index contributed by atoms with van der Waals surface area (Å²) < 4.78 is 24.8. The molecule has 31 heavy (non-hydrogen) atoms. The molecule has 1 aromatic carbocycles. The minimum atomic E-state index is -3.64. The normalized spacial score (nSPS) is 17.0. The van der Waals surface area contributed by atoms with Gasteiger partial charge in [-0.15, -0.1) is 0 Å². The molecule has 2 aliphatic rings. The third kappa shape index (κ3) is 4.14. The molecule has 0 atom stereocenters. The van der Waals surface area contributed by atoms with Gasteiger partial charge in [-0.25, -0.2) is 13.4 Å². The monoisotopic (exact) mass is 442 g/mol. The van der Waals surface area contributed by atoms with Gasteiger partial charge in [0.1, 0.15) is 5.82 Å². The van der Waals surface area contributed by atoms with Crippen molar-refractivity contribution in [2.24, 2.45) is 0 Å². The molecule has 0 radical (unpaired) electrons. The molecule has 0 spiro atoms. The van der Waals surface area contributed by atoms with Crippen LogP contribution >= 0.6 is 0 Å². The van der Waals surface area contributed by atoms with E-state index in [-0.39, 0.29) is 22.3 Å². The molecular formula is C22H26N4O4S. The molecule has 164 valence electrons. The minimum Gasteiger partial charge on any atom is -0.353 e. The number of nitrogens with zero attached hydrogens (tertiary/aromatic N) is 4. The zero-order valence-electron chi connectivity index (χ0n) is 18.0. The summed E-state index contributed by atoms with van der Waals surface area (Å²) >= 11 is 0. The van der Waals surface area contributed by atoms with Crippen LogP contribution in [0.1, 0.15) is 27.9 Å². The van der Waals surface area contributed by atoms with E-state index in [0.29, 0.717) is 44.8 Å². The van der Waals surface area contributed by atoms with Crippen molar-refractivity contribution in [3.63, 3.8) is 0 Å². The fourth-order valence-corrected chi connectivity index (χ4v) is 4.97. The summed E-state index contributed by atoms with van der Waals surface area (Å²) in [6.07, 6.45) is 3.38. The fourth-order valence-electron chi connectivity index (χ4n) is 4.08. The van der Waals surface area contributed by atoms with Crippen LogP contribution in [0.25, 0.3) is 0 Å². The maximum absolute atomic E-state index is 13.2. The number of β-lactam (4-membered cyclic amide) rings is 1. The highest BCUT2D eigenvalue weighted by Gasteiger charge is 2.30. The Morgan fingerprint density at radius 3 is 2.29 bits per heavy atom. The number of carbonyl (C=O) groups excluding carboxylic acids is 2. The molecule has 4 rings (SSSR count). The minimum absolute atomic E-state index is 0.0341. The van der Waals surface area contributed by atoms with Crippen LogP contribution in [0.4, 0.5) is 11.5 Å². The third-order valence-corrected chi connectivity index (χ3v) is 6.95. The van der Waals surface area contributed by atoms with E-state index in [1.54, 1.807) is 11.0 Å². The van der Waals surface area contributed by atoms with Crippen LogP contribution in [0.3, 0.4) is 0 Å². The molecule has 0 bridgehead atoms. The summed E-state index contributed by atoms with van der Waals surface area (Å²) in [5, 5.41) is 0. The highest BCUT2D eigenvalue weighted by atomic mass is 32.2. The summed E-state index contributed by atoms with van der Waals surface area (Å²) in [5.74, 6) is 0.558. The van der Waals surface area contributed by atoms with Crippen LogP contribution in [0.5, 0.6) is 0 Å². The highest BCUT2D eigenvalue weighted by Crippen LogP contribution is 2.28. The van der Waals surface area contributed by atoms with Gasteiger partial charge in [-0.1, -0.05) is 6.07 Å². The van der Waals surface area contributed by atoms with Crippen LogP contribution in [0.15, 0.2) is 35.4 Å². The summed E-state index contributed by atoms with van der Waals surface area (Å²) in [5.41, 5.74) is 2.86. The van der Waals surface area contributed by atoms with Gasteiger partial charge in [-0.2, -0.15) is 0 Å². The average molecular weight is 443 g/mol. The van der Waals surface area contributed by atoms with Crippen LogP contribution < -0.4 is 9.80 Å². The van der Waals surface area contributed by atoms with Crippen LogP contribution in [-0.4, -0.2) is 69.1 Å². The molecule has 2 fully saturated rings. The molecule has 1 aromatic heterocycles. The van der Waals surface area contributed by atoms with Crippen LogP contribution in [-0.2, 0) is 14.6 Å². The predicted octanol–water partition coefficient (Wildman–Crippen LogP) is 1.80. The number of aryl methyl sites for hydroxylation is 2. The second-order valence-electron chi connectivity index (χ2n) is 8.18. The zero-order chi connectivity index (χ0) is 22.3. The topological polar surface area (TPSA) is 90.9 Å². The molecule has 0 aliphatic carbocycles. The zero-order valence-corrected chi connectivity index (χ0v) is 18.8. The molecule has 2 aliphatic heterocycles. The van der Waals surface area contributed by atoms with Gasteiger partial charge in [-0.05, 0) is 43.2 Å². The lowest BCUT2D eigenvalue weighted by Crippen LogP contribution is -2.49. The Bertz CT molecular complexity index is 1150. The van der Waals surface area contributed by atoms with Crippen molar-refractivity contribution in [2.75, 3.05) is 48.8 Å². The van der Waals surface area contributed by atoms with E-state index >= 15 is 0 Å². The Labute approximate surface area is 182 Å². The summed E-state index contributed by atoms with van der Waals surface area (Å²) in [4.78, 5) is 34.8. The lowest BCUT2D eigenvalue weighted by Gasteiger charge is -2.36. The number of anilines is 2. The Morgan fingerprint density at radius 1 is 1.03 bits per heavy atom. The maximum atomic E-state index is 13.2. The number of hydrogen-bond donors (Lipinski definition) is 0. The number of aromatic nitrogens is 1. The molecule has 0 N–H and O–H groups in total. The number of amides is 2. The predicted molar refractivity (Wildman–Crippen MR) is 118 cm³/mol.